The van der Waals surface area contributed by atoms with Gasteiger partial charge in [0.05, 0.1) is 5.52 Å². The van der Waals surface area contributed by atoms with Crippen molar-refractivity contribution in [1.29, 1.82) is 0 Å². The van der Waals surface area contributed by atoms with Gasteiger partial charge in [-0.25, -0.2) is 4.98 Å². The number of amides is 1. The van der Waals surface area contributed by atoms with Gasteiger partial charge in [0.2, 0.25) is 0 Å². The third-order valence-corrected chi connectivity index (χ3v) is 7.28. The fraction of sp³-hybridized carbons (Fsp3) is 0.360. The van der Waals surface area contributed by atoms with Gasteiger partial charge in [-0.05, 0) is 79.9 Å². The summed E-state index contributed by atoms with van der Waals surface area (Å²) < 4.78 is 78.4. The number of hydrogen-bond acceptors (Lipinski definition) is 4. The van der Waals surface area contributed by atoms with Gasteiger partial charge in [-0.2, -0.15) is 26.3 Å². The van der Waals surface area contributed by atoms with Gasteiger partial charge in [0.15, 0.2) is 0 Å². The number of benzene rings is 2. The molecule has 198 valence electrons. The Morgan fingerprint density at radius 3 is 2.38 bits per heavy atom. The van der Waals surface area contributed by atoms with Crippen molar-refractivity contribution in [1.82, 2.24) is 10.3 Å². The molecule has 1 fully saturated rings. The van der Waals surface area contributed by atoms with E-state index in [2.05, 4.69) is 10.3 Å². The summed E-state index contributed by atoms with van der Waals surface area (Å²) in [4.78, 5) is 18.1. The summed E-state index contributed by atoms with van der Waals surface area (Å²) in [6.45, 7) is 0. The molecule has 0 saturated heterocycles. The van der Waals surface area contributed by atoms with E-state index >= 15 is 0 Å². The van der Waals surface area contributed by atoms with Crippen LogP contribution in [0.15, 0.2) is 53.4 Å². The zero-order valence-corrected chi connectivity index (χ0v) is 21.0. The number of nitrogens with one attached hydrogen (secondary N) is 1. The monoisotopic (exact) mass is 561 g/mol. The molecule has 1 N–H and O–H groups in total. The molecule has 1 aliphatic carbocycles. The van der Waals surface area contributed by atoms with Crippen LogP contribution >= 0.6 is 23.4 Å². The lowest BCUT2D eigenvalue weighted by Gasteiger charge is -2.37. The van der Waals surface area contributed by atoms with Crippen LogP contribution in [0.5, 0.6) is 0 Å². The van der Waals surface area contributed by atoms with Crippen molar-refractivity contribution in [3.63, 3.8) is 0 Å². The number of fused-ring (bicyclic) bond motifs is 1. The van der Waals surface area contributed by atoms with Crippen LogP contribution in [0.3, 0.4) is 0 Å². The highest BCUT2D eigenvalue weighted by Gasteiger charge is 2.35. The van der Waals surface area contributed by atoms with E-state index in [9.17, 15) is 31.1 Å². The minimum atomic E-state index is -4.61. The Hall–Kier alpha value is -2.66. The third-order valence-electron chi connectivity index (χ3n) is 6.33. The molecule has 2 aromatic carbocycles. The topological polar surface area (TPSA) is 45.2 Å². The van der Waals surface area contributed by atoms with Gasteiger partial charge in [0.1, 0.15) is 5.69 Å². The molecule has 12 heteroatoms. The van der Waals surface area contributed by atoms with Crippen molar-refractivity contribution >= 4 is 45.9 Å². The first-order valence-electron chi connectivity index (χ1n) is 11.4. The molecular weight excluding hydrogens is 540 g/mol. The molecule has 1 saturated carbocycles. The Labute approximate surface area is 218 Å². The minimum absolute atomic E-state index is 0.0756. The Balaban J connectivity index is 1.45. The summed E-state index contributed by atoms with van der Waals surface area (Å²) in [6, 6.07) is 10.6. The van der Waals surface area contributed by atoms with Gasteiger partial charge in [-0.3, -0.25) is 4.79 Å². The van der Waals surface area contributed by atoms with E-state index in [1.54, 1.807) is 18.0 Å². The quantitative estimate of drug-likeness (QED) is 0.256. The maximum atomic E-state index is 13.5. The molecular formula is C25H22ClF6N3OS. The third kappa shape index (κ3) is 6.81. The maximum Gasteiger partial charge on any atom is 0.446 e. The normalized spacial score (nSPS) is 18.6. The first kappa shape index (κ1) is 27.4. The van der Waals surface area contributed by atoms with Gasteiger partial charge >= 0.3 is 11.7 Å². The lowest BCUT2D eigenvalue weighted by Crippen LogP contribution is -2.43. The molecule has 0 aliphatic heterocycles. The predicted molar refractivity (Wildman–Crippen MR) is 132 cm³/mol. The van der Waals surface area contributed by atoms with Crippen LogP contribution in [-0.2, 0) is 6.18 Å². The number of anilines is 1. The number of thioether (sulfide) groups is 1. The van der Waals surface area contributed by atoms with Crippen molar-refractivity contribution in [2.75, 3.05) is 11.9 Å². The number of carbonyl (C=O) groups is 1. The molecule has 1 amide bonds. The van der Waals surface area contributed by atoms with Crippen LogP contribution < -0.4 is 10.2 Å². The van der Waals surface area contributed by atoms with E-state index in [1.165, 1.54) is 36.4 Å². The first-order chi connectivity index (χ1) is 17.3. The number of hydrogen-bond donors (Lipinski definition) is 1. The number of alkyl halides is 6. The second-order valence-corrected chi connectivity index (χ2v) is 10.4. The Kier molecular flexibility index (Phi) is 7.85. The number of halogens is 7. The summed E-state index contributed by atoms with van der Waals surface area (Å²) in [7, 11) is 1.73. The summed E-state index contributed by atoms with van der Waals surface area (Å²) in [6.07, 6.45) is -2.29. The molecule has 0 atom stereocenters. The average Bonchev–Trinajstić information content (AvgIpc) is 2.82. The first-order valence-corrected chi connectivity index (χ1v) is 12.6. The van der Waals surface area contributed by atoms with Crippen molar-refractivity contribution in [2.45, 2.75) is 54.3 Å². The van der Waals surface area contributed by atoms with E-state index < -0.39 is 23.3 Å². The molecule has 1 aliphatic rings. The number of carbonyl (C=O) groups excluding carboxylic acids is 1. The van der Waals surface area contributed by atoms with Crippen LogP contribution in [0.4, 0.5) is 32.0 Å². The Bertz CT molecular complexity index is 1290. The molecule has 0 bridgehead atoms. The fourth-order valence-corrected chi connectivity index (χ4v) is 5.30. The molecule has 0 spiro atoms. The fourth-order valence-electron chi connectivity index (χ4n) is 4.52. The molecule has 3 aromatic rings. The van der Waals surface area contributed by atoms with E-state index in [0.717, 1.165) is 6.07 Å². The highest BCUT2D eigenvalue weighted by molar-refractivity contribution is 8.00. The average molecular weight is 562 g/mol. The zero-order chi connectivity index (χ0) is 27.0. The number of nitrogens with zero attached hydrogens (tertiary/aromatic N) is 2. The number of rotatable bonds is 5. The highest BCUT2D eigenvalue weighted by Crippen LogP contribution is 2.38. The smallest absolute Gasteiger partial charge is 0.371 e. The summed E-state index contributed by atoms with van der Waals surface area (Å²) in [5, 5.41) is 3.76. The number of aromatic nitrogens is 1. The minimum Gasteiger partial charge on any atom is -0.371 e. The van der Waals surface area contributed by atoms with Crippen molar-refractivity contribution < 1.29 is 31.1 Å². The van der Waals surface area contributed by atoms with Gasteiger partial charge in [-0.1, -0.05) is 17.7 Å². The SMILES string of the molecule is CN(c1cc(C(F)(F)F)nc2ccc(Cl)cc12)[C@H]1CC[C@@H](NC(=O)c2cccc(SC(F)(F)F)c2)CC1. The molecule has 0 radical (unpaired) electrons. The van der Waals surface area contributed by atoms with Crippen molar-refractivity contribution in [3.05, 3.63) is 64.8 Å². The molecule has 37 heavy (non-hydrogen) atoms. The van der Waals surface area contributed by atoms with Gasteiger partial charge in [0, 0.05) is 45.7 Å². The second kappa shape index (κ2) is 10.6. The highest BCUT2D eigenvalue weighted by atomic mass is 35.5. The summed E-state index contributed by atoms with van der Waals surface area (Å²) in [5.41, 5.74) is -4.75. The predicted octanol–water partition coefficient (Wildman–Crippen LogP) is 7.70. The van der Waals surface area contributed by atoms with Crippen LogP contribution in [0.25, 0.3) is 10.9 Å². The van der Waals surface area contributed by atoms with E-state index in [-0.39, 0.29) is 39.8 Å². The standard InChI is InChI=1S/C25H22ClF6N3OS/c1-35(21-13-22(24(27,28)29)34-20-10-5-15(26)12-19(20)21)17-8-6-16(7-9-17)33-23(36)14-3-2-4-18(11-14)37-25(30,31)32/h2-5,10-13,16-17H,6-9H2,1H3,(H,33,36)/t16-,17+. The van der Waals surface area contributed by atoms with Gasteiger partial charge in [-0.15, -0.1) is 0 Å². The van der Waals surface area contributed by atoms with E-state index in [1.807, 2.05) is 0 Å². The molecule has 1 heterocycles. The second-order valence-electron chi connectivity index (χ2n) is 8.85. The zero-order valence-electron chi connectivity index (χ0n) is 19.5. The molecule has 0 unspecified atom stereocenters. The van der Waals surface area contributed by atoms with E-state index in [4.69, 9.17) is 11.6 Å². The molecule has 1 aromatic heterocycles. The van der Waals surface area contributed by atoms with Crippen LogP contribution in [-0.4, -0.2) is 35.5 Å². The molecule has 4 rings (SSSR count). The lowest BCUT2D eigenvalue weighted by atomic mass is 9.89. The van der Waals surface area contributed by atoms with Crippen LogP contribution in [0.2, 0.25) is 5.02 Å². The summed E-state index contributed by atoms with van der Waals surface area (Å²) >= 11 is 5.82. The van der Waals surface area contributed by atoms with Crippen LogP contribution in [0.1, 0.15) is 41.7 Å². The maximum absolute atomic E-state index is 13.5. The van der Waals surface area contributed by atoms with Crippen LogP contribution in [0, 0.1) is 0 Å². The molecule has 4 nitrogen and oxygen atoms in total. The van der Waals surface area contributed by atoms with Crippen molar-refractivity contribution in [3.8, 4) is 0 Å². The lowest BCUT2D eigenvalue weighted by molar-refractivity contribution is -0.140. The van der Waals surface area contributed by atoms with Gasteiger partial charge in [0.25, 0.3) is 5.91 Å². The number of pyridine rings is 1. The largest absolute Gasteiger partial charge is 0.446 e. The van der Waals surface area contributed by atoms with Crippen molar-refractivity contribution in [2.24, 2.45) is 0 Å². The Morgan fingerprint density at radius 1 is 1.03 bits per heavy atom. The van der Waals surface area contributed by atoms with E-state index in [0.29, 0.717) is 41.8 Å². The Morgan fingerprint density at radius 2 is 1.73 bits per heavy atom. The van der Waals surface area contributed by atoms with Gasteiger partial charge < -0.3 is 10.2 Å². The summed E-state index contributed by atoms with van der Waals surface area (Å²) in [5.74, 6) is -0.467.